The zero-order valence-corrected chi connectivity index (χ0v) is 15.3. The van der Waals surface area contributed by atoms with Crippen LogP contribution in [0.15, 0.2) is 12.5 Å². The maximum atomic E-state index is 9.77. The standard InChI is InChI=1S/C16H23N5O.2ClH/c22-11-21(13-7-3-4-8-13)16-17-9-14-15(19-16)20(10-18-14)12-5-1-2-6-12;;/h9-10,12-13,22H,1-8,11H2;2*1H. The molecule has 0 aromatic carbocycles. The molecule has 2 aliphatic carbocycles. The van der Waals surface area contributed by atoms with Gasteiger partial charge >= 0.3 is 0 Å². The number of rotatable bonds is 4. The summed E-state index contributed by atoms with van der Waals surface area (Å²) in [6, 6.07) is 0.882. The summed E-state index contributed by atoms with van der Waals surface area (Å²) in [5.74, 6) is 0.640. The van der Waals surface area contributed by atoms with Gasteiger partial charge in [-0.3, -0.25) is 0 Å². The summed E-state index contributed by atoms with van der Waals surface area (Å²) in [7, 11) is 0. The van der Waals surface area contributed by atoms with Gasteiger partial charge in [-0.2, -0.15) is 4.98 Å². The first-order valence-corrected chi connectivity index (χ1v) is 8.44. The SMILES string of the molecule is Cl.Cl.OCN(c1ncc2ncn(C3CCCC3)c2n1)C1CCCC1. The predicted molar refractivity (Wildman–Crippen MR) is 99.1 cm³/mol. The fourth-order valence-corrected chi connectivity index (χ4v) is 3.96. The Hall–Kier alpha value is -1.11. The highest BCUT2D eigenvalue weighted by atomic mass is 35.5. The van der Waals surface area contributed by atoms with E-state index in [0.29, 0.717) is 18.0 Å². The number of aliphatic hydroxyl groups excluding tert-OH is 1. The highest BCUT2D eigenvalue weighted by Gasteiger charge is 2.25. The van der Waals surface area contributed by atoms with Crippen molar-refractivity contribution in [3.05, 3.63) is 12.5 Å². The Balaban J connectivity index is 0.00000104. The molecule has 0 radical (unpaired) electrons. The second-order valence-electron chi connectivity index (χ2n) is 6.52. The molecular formula is C16H25Cl2N5O. The molecule has 0 spiro atoms. The molecule has 8 heteroatoms. The first-order chi connectivity index (χ1) is 10.9. The Morgan fingerprint density at radius 2 is 1.71 bits per heavy atom. The molecule has 134 valence electrons. The van der Waals surface area contributed by atoms with E-state index < -0.39 is 0 Å². The number of nitrogens with zero attached hydrogens (tertiary/aromatic N) is 5. The third-order valence-corrected chi connectivity index (χ3v) is 5.20. The van der Waals surface area contributed by atoms with Gasteiger partial charge in [0.25, 0.3) is 0 Å². The van der Waals surface area contributed by atoms with Gasteiger partial charge in [-0.15, -0.1) is 24.8 Å². The number of hydrogen-bond acceptors (Lipinski definition) is 5. The molecule has 2 heterocycles. The fraction of sp³-hybridized carbons (Fsp3) is 0.688. The third-order valence-electron chi connectivity index (χ3n) is 5.20. The van der Waals surface area contributed by atoms with Gasteiger partial charge in [0.05, 0.1) is 12.5 Å². The van der Waals surface area contributed by atoms with E-state index in [9.17, 15) is 5.11 Å². The summed E-state index contributed by atoms with van der Waals surface area (Å²) in [5.41, 5.74) is 1.76. The average Bonchev–Trinajstić information content (AvgIpc) is 3.29. The first kappa shape index (κ1) is 19.2. The maximum absolute atomic E-state index is 9.77. The summed E-state index contributed by atoms with van der Waals surface area (Å²) in [4.78, 5) is 15.6. The third kappa shape index (κ3) is 3.46. The smallest absolute Gasteiger partial charge is 0.229 e. The molecule has 2 aromatic rings. The molecule has 2 saturated carbocycles. The van der Waals surface area contributed by atoms with Gasteiger partial charge in [0.15, 0.2) is 5.65 Å². The van der Waals surface area contributed by atoms with Gasteiger partial charge in [0.1, 0.15) is 12.2 Å². The van der Waals surface area contributed by atoms with Crippen molar-refractivity contribution < 1.29 is 5.11 Å². The van der Waals surface area contributed by atoms with E-state index in [0.717, 1.165) is 24.0 Å². The van der Waals surface area contributed by atoms with Crippen LogP contribution in [0.5, 0.6) is 0 Å². The number of aromatic nitrogens is 4. The van der Waals surface area contributed by atoms with Crippen molar-refractivity contribution >= 4 is 41.9 Å². The number of anilines is 1. The van der Waals surface area contributed by atoms with Crippen LogP contribution in [0.25, 0.3) is 11.2 Å². The van der Waals surface area contributed by atoms with Crippen LogP contribution in [0.3, 0.4) is 0 Å². The van der Waals surface area contributed by atoms with E-state index in [1.165, 1.54) is 38.5 Å². The van der Waals surface area contributed by atoms with E-state index in [2.05, 4.69) is 14.5 Å². The quantitative estimate of drug-likeness (QED) is 0.830. The van der Waals surface area contributed by atoms with Crippen LogP contribution >= 0.6 is 24.8 Å². The van der Waals surface area contributed by atoms with Crippen molar-refractivity contribution in [2.75, 3.05) is 11.6 Å². The Kier molecular flexibility index (Phi) is 6.66. The highest BCUT2D eigenvalue weighted by Crippen LogP contribution is 2.32. The van der Waals surface area contributed by atoms with Crippen LogP contribution in [0, 0.1) is 0 Å². The molecule has 0 aliphatic heterocycles. The predicted octanol–water partition coefficient (Wildman–Crippen LogP) is 3.48. The lowest BCUT2D eigenvalue weighted by Crippen LogP contribution is -2.35. The Morgan fingerprint density at radius 1 is 1.04 bits per heavy atom. The van der Waals surface area contributed by atoms with Gasteiger partial charge < -0.3 is 14.6 Å². The zero-order valence-electron chi connectivity index (χ0n) is 13.7. The second-order valence-corrected chi connectivity index (χ2v) is 6.52. The largest absolute Gasteiger partial charge is 0.376 e. The zero-order chi connectivity index (χ0) is 14.9. The topological polar surface area (TPSA) is 67.1 Å². The molecule has 0 bridgehead atoms. The Morgan fingerprint density at radius 3 is 2.38 bits per heavy atom. The van der Waals surface area contributed by atoms with Gasteiger partial charge in [-0.25, -0.2) is 9.97 Å². The lowest BCUT2D eigenvalue weighted by molar-refractivity contribution is 0.274. The lowest BCUT2D eigenvalue weighted by Gasteiger charge is -2.26. The van der Waals surface area contributed by atoms with Crippen LogP contribution in [0.1, 0.15) is 57.4 Å². The van der Waals surface area contributed by atoms with Crippen molar-refractivity contribution in [2.24, 2.45) is 0 Å². The van der Waals surface area contributed by atoms with E-state index >= 15 is 0 Å². The number of hydrogen-bond donors (Lipinski definition) is 1. The van der Waals surface area contributed by atoms with Crippen molar-refractivity contribution in [3.8, 4) is 0 Å². The van der Waals surface area contributed by atoms with Gasteiger partial charge in [0, 0.05) is 12.1 Å². The van der Waals surface area contributed by atoms with Gasteiger partial charge in [0.2, 0.25) is 5.95 Å². The molecule has 1 N–H and O–H groups in total. The first-order valence-electron chi connectivity index (χ1n) is 8.44. The molecule has 6 nitrogen and oxygen atoms in total. The van der Waals surface area contributed by atoms with Gasteiger partial charge in [-0.1, -0.05) is 25.7 Å². The number of fused-ring (bicyclic) bond motifs is 1. The van der Waals surface area contributed by atoms with Crippen molar-refractivity contribution in [3.63, 3.8) is 0 Å². The van der Waals surface area contributed by atoms with Crippen LogP contribution in [-0.4, -0.2) is 37.4 Å². The normalized spacial score (nSPS) is 18.5. The summed E-state index contributed by atoms with van der Waals surface area (Å²) in [6.45, 7) is -0.0201. The van der Waals surface area contributed by atoms with Crippen LogP contribution in [0.2, 0.25) is 0 Å². The molecule has 0 unspecified atom stereocenters. The second kappa shape index (κ2) is 8.32. The van der Waals surface area contributed by atoms with E-state index in [1.54, 1.807) is 6.20 Å². The summed E-state index contributed by atoms with van der Waals surface area (Å²) >= 11 is 0. The number of imidazole rings is 1. The van der Waals surface area contributed by atoms with E-state index in [-0.39, 0.29) is 31.5 Å². The molecule has 0 saturated heterocycles. The molecular weight excluding hydrogens is 349 g/mol. The minimum absolute atomic E-state index is 0. The van der Waals surface area contributed by atoms with Crippen molar-refractivity contribution in [2.45, 2.75) is 63.5 Å². The number of halogens is 2. The molecule has 2 aromatic heterocycles. The minimum Gasteiger partial charge on any atom is -0.376 e. The van der Waals surface area contributed by atoms with Crippen LogP contribution < -0.4 is 4.90 Å². The van der Waals surface area contributed by atoms with Crippen molar-refractivity contribution in [1.29, 1.82) is 0 Å². The fourth-order valence-electron chi connectivity index (χ4n) is 3.96. The molecule has 2 fully saturated rings. The average molecular weight is 374 g/mol. The van der Waals surface area contributed by atoms with Crippen LogP contribution in [0.4, 0.5) is 5.95 Å². The lowest BCUT2D eigenvalue weighted by atomic mass is 10.2. The Labute approximate surface area is 154 Å². The van der Waals surface area contributed by atoms with E-state index in [4.69, 9.17) is 4.98 Å². The van der Waals surface area contributed by atoms with E-state index in [1.807, 2.05) is 11.2 Å². The molecule has 0 amide bonds. The van der Waals surface area contributed by atoms with Gasteiger partial charge in [-0.05, 0) is 25.7 Å². The molecule has 0 atom stereocenters. The minimum atomic E-state index is -0.0201. The monoisotopic (exact) mass is 373 g/mol. The van der Waals surface area contributed by atoms with Crippen molar-refractivity contribution in [1.82, 2.24) is 19.5 Å². The molecule has 2 aliphatic rings. The summed E-state index contributed by atoms with van der Waals surface area (Å²) in [5, 5.41) is 9.77. The molecule has 4 rings (SSSR count). The maximum Gasteiger partial charge on any atom is 0.229 e. The number of aliphatic hydroxyl groups is 1. The highest BCUT2D eigenvalue weighted by molar-refractivity contribution is 5.85. The van der Waals surface area contributed by atoms with Crippen LogP contribution in [-0.2, 0) is 0 Å². The Bertz CT molecular complexity index is 653. The summed E-state index contributed by atoms with van der Waals surface area (Å²) in [6.07, 6.45) is 13.4. The molecule has 24 heavy (non-hydrogen) atoms. The summed E-state index contributed by atoms with van der Waals surface area (Å²) < 4.78 is 2.21.